The molecule has 0 N–H and O–H groups in total. The fourth-order valence-corrected chi connectivity index (χ4v) is 5.72. The molecule has 1 aromatic rings. The van der Waals surface area contributed by atoms with Gasteiger partial charge in [0.15, 0.2) is 11.6 Å². The van der Waals surface area contributed by atoms with E-state index in [2.05, 4.69) is 6.92 Å². The molecule has 0 radical (unpaired) electrons. The lowest BCUT2D eigenvalue weighted by molar-refractivity contribution is 0.0237. The van der Waals surface area contributed by atoms with E-state index in [1.807, 2.05) is 20.8 Å². The lowest BCUT2D eigenvalue weighted by Gasteiger charge is -2.33. The van der Waals surface area contributed by atoms with Gasteiger partial charge in [0, 0.05) is 19.3 Å². The second-order valence-electron chi connectivity index (χ2n) is 6.17. The van der Waals surface area contributed by atoms with Gasteiger partial charge in [-0.05, 0) is 43.4 Å². The zero-order valence-corrected chi connectivity index (χ0v) is 16.9. The van der Waals surface area contributed by atoms with E-state index in [1.54, 1.807) is 6.07 Å². The van der Waals surface area contributed by atoms with Crippen LogP contribution < -0.4 is 0 Å². The van der Waals surface area contributed by atoms with E-state index in [0.717, 1.165) is 37.8 Å². The summed E-state index contributed by atoms with van der Waals surface area (Å²) < 4.78 is 45.5. The average Bonchev–Trinajstić information content (AvgIpc) is 2.63. The van der Waals surface area contributed by atoms with Crippen LogP contribution in [0, 0.1) is 11.6 Å². The van der Waals surface area contributed by atoms with Crippen molar-refractivity contribution in [3.8, 4) is 0 Å². The molecular weight excluding hydrogens is 342 g/mol. The molecule has 1 unspecified atom stereocenters. The monoisotopic (exact) mass is 374 g/mol. The van der Waals surface area contributed by atoms with E-state index in [4.69, 9.17) is 13.3 Å². The van der Waals surface area contributed by atoms with Crippen molar-refractivity contribution in [3.63, 3.8) is 0 Å². The minimum Gasteiger partial charge on any atom is -0.373 e. The van der Waals surface area contributed by atoms with Gasteiger partial charge in [0.1, 0.15) is 0 Å². The molecule has 144 valence electrons. The Kier molecular flexibility index (Phi) is 10.4. The Morgan fingerprint density at radius 3 is 2.04 bits per heavy atom. The van der Waals surface area contributed by atoms with E-state index in [1.165, 1.54) is 6.07 Å². The molecule has 0 aliphatic carbocycles. The van der Waals surface area contributed by atoms with Gasteiger partial charge in [-0.25, -0.2) is 8.78 Å². The normalized spacial score (nSPS) is 13.2. The van der Waals surface area contributed by atoms with Gasteiger partial charge in [0.05, 0.1) is 6.10 Å². The first-order valence-corrected chi connectivity index (χ1v) is 11.4. The van der Waals surface area contributed by atoms with Crippen molar-refractivity contribution in [2.45, 2.75) is 71.9 Å². The number of halogens is 2. The molecule has 0 aromatic heterocycles. The zero-order valence-electron chi connectivity index (χ0n) is 15.9. The Hall–Kier alpha value is -0.823. The van der Waals surface area contributed by atoms with Crippen molar-refractivity contribution in [1.29, 1.82) is 0 Å². The summed E-state index contributed by atoms with van der Waals surface area (Å²) in [6, 6.07) is 4.67. The first-order valence-electron chi connectivity index (χ1n) is 9.42. The minimum atomic E-state index is -2.87. The van der Waals surface area contributed by atoms with Crippen molar-refractivity contribution < 1.29 is 22.1 Å². The van der Waals surface area contributed by atoms with Crippen molar-refractivity contribution >= 4 is 8.80 Å². The largest absolute Gasteiger partial charge is 0.501 e. The van der Waals surface area contributed by atoms with Gasteiger partial charge in [-0.2, -0.15) is 0 Å². The predicted molar refractivity (Wildman–Crippen MR) is 98.4 cm³/mol. The smallest absolute Gasteiger partial charge is 0.373 e. The summed E-state index contributed by atoms with van der Waals surface area (Å²) in [6.07, 6.45) is 3.99. The Labute approximate surface area is 152 Å². The minimum absolute atomic E-state index is 0.368. The molecule has 1 atom stereocenters. The number of benzene rings is 1. The first kappa shape index (κ1) is 22.2. The Morgan fingerprint density at radius 2 is 1.56 bits per heavy atom. The third-order valence-electron chi connectivity index (χ3n) is 3.90. The third-order valence-corrected chi connectivity index (χ3v) is 6.79. The molecule has 0 bridgehead atoms. The molecule has 0 spiro atoms. The number of hydrogen-bond donors (Lipinski definition) is 0. The maximum Gasteiger partial charge on any atom is 0.501 e. The van der Waals surface area contributed by atoms with E-state index >= 15 is 0 Å². The fourth-order valence-electron chi connectivity index (χ4n) is 2.54. The summed E-state index contributed by atoms with van der Waals surface area (Å²) >= 11 is 0. The average molecular weight is 375 g/mol. The molecule has 0 saturated carbocycles. The van der Waals surface area contributed by atoms with Crippen LogP contribution in [0.3, 0.4) is 0 Å². The van der Waals surface area contributed by atoms with Crippen molar-refractivity contribution in [2.24, 2.45) is 0 Å². The van der Waals surface area contributed by atoms with Crippen LogP contribution >= 0.6 is 0 Å². The number of unbranched alkanes of at least 4 members (excludes halogenated alkanes) is 1. The highest BCUT2D eigenvalue weighted by molar-refractivity contribution is 6.60. The second kappa shape index (κ2) is 11.7. The Balaban J connectivity index is 3.04. The van der Waals surface area contributed by atoms with Crippen LogP contribution in [0.2, 0.25) is 6.04 Å². The SMILES string of the molecule is CCCC[Si](OCCC)(OCCC)OC(CC)c1ccc(F)c(F)c1. The molecule has 0 aliphatic rings. The number of hydrogen-bond acceptors (Lipinski definition) is 3. The Morgan fingerprint density at radius 1 is 0.920 bits per heavy atom. The van der Waals surface area contributed by atoms with Crippen LogP contribution in [0.5, 0.6) is 0 Å². The molecule has 3 nitrogen and oxygen atoms in total. The highest BCUT2D eigenvalue weighted by Gasteiger charge is 2.42. The van der Waals surface area contributed by atoms with Crippen molar-refractivity contribution in [3.05, 3.63) is 35.4 Å². The van der Waals surface area contributed by atoms with Crippen LogP contribution in [-0.2, 0) is 13.3 Å². The molecule has 0 amide bonds. The lowest BCUT2D eigenvalue weighted by atomic mass is 10.1. The highest BCUT2D eigenvalue weighted by Crippen LogP contribution is 2.31. The summed E-state index contributed by atoms with van der Waals surface area (Å²) in [5.41, 5.74) is 0.620. The van der Waals surface area contributed by atoms with Gasteiger partial charge < -0.3 is 13.3 Å². The summed E-state index contributed by atoms with van der Waals surface area (Å²) in [7, 11) is -2.87. The van der Waals surface area contributed by atoms with E-state index < -0.39 is 20.4 Å². The van der Waals surface area contributed by atoms with Crippen LogP contribution in [0.1, 0.15) is 71.5 Å². The maximum absolute atomic E-state index is 13.6. The van der Waals surface area contributed by atoms with Crippen LogP contribution in [-0.4, -0.2) is 22.0 Å². The van der Waals surface area contributed by atoms with E-state index in [0.29, 0.717) is 25.2 Å². The molecule has 6 heteroatoms. The molecule has 0 fully saturated rings. The molecule has 1 aromatic carbocycles. The lowest BCUT2D eigenvalue weighted by Crippen LogP contribution is -2.47. The van der Waals surface area contributed by atoms with Gasteiger partial charge in [-0.15, -0.1) is 0 Å². The van der Waals surface area contributed by atoms with E-state index in [-0.39, 0.29) is 6.10 Å². The fraction of sp³-hybridized carbons (Fsp3) is 0.684. The standard InChI is InChI=1S/C19H32F2O3Si/c1-5-9-14-25(22-12-6-2,23-13-7-3)24-19(8-4)16-10-11-17(20)18(21)15-16/h10-11,15,19H,5-9,12-14H2,1-4H3. The zero-order chi connectivity index (χ0) is 18.7. The highest BCUT2D eigenvalue weighted by atomic mass is 28.4. The van der Waals surface area contributed by atoms with Gasteiger partial charge >= 0.3 is 8.80 Å². The van der Waals surface area contributed by atoms with E-state index in [9.17, 15) is 8.78 Å². The van der Waals surface area contributed by atoms with Gasteiger partial charge in [0.25, 0.3) is 0 Å². The summed E-state index contributed by atoms with van der Waals surface area (Å²) in [6.45, 7) is 9.33. The quantitative estimate of drug-likeness (QED) is 0.395. The first-order chi connectivity index (χ1) is 12.0. The summed E-state index contributed by atoms with van der Waals surface area (Å²) in [5.74, 6) is -1.71. The second-order valence-corrected chi connectivity index (χ2v) is 8.85. The summed E-state index contributed by atoms with van der Waals surface area (Å²) in [4.78, 5) is 0. The van der Waals surface area contributed by atoms with Gasteiger partial charge in [-0.3, -0.25) is 0 Å². The molecule has 0 saturated heterocycles. The topological polar surface area (TPSA) is 27.7 Å². The molecule has 0 aliphatic heterocycles. The molecule has 25 heavy (non-hydrogen) atoms. The molecular formula is C19H32F2O3Si. The molecule has 0 heterocycles. The molecule has 1 rings (SSSR count). The van der Waals surface area contributed by atoms with Crippen molar-refractivity contribution in [2.75, 3.05) is 13.2 Å². The van der Waals surface area contributed by atoms with Crippen molar-refractivity contribution in [1.82, 2.24) is 0 Å². The van der Waals surface area contributed by atoms with Gasteiger partial charge in [-0.1, -0.05) is 40.2 Å². The van der Waals surface area contributed by atoms with Crippen LogP contribution in [0.25, 0.3) is 0 Å². The van der Waals surface area contributed by atoms with Crippen LogP contribution in [0.4, 0.5) is 8.78 Å². The van der Waals surface area contributed by atoms with Gasteiger partial charge in [0.2, 0.25) is 0 Å². The van der Waals surface area contributed by atoms with Crippen LogP contribution in [0.15, 0.2) is 18.2 Å². The summed E-state index contributed by atoms with van der Waals surface area (Å²) in [5, 5.41) is 0. The Bertz CT molecular complexity index is 478. The third kappa shape index (κ3) is 7.13. The predicted octanol–water partition coefficient (Wildman–Crippen LogP) is 6.02. The number of rotatable bonds is 13. The maximum atomic E-state index is 13.6.